The zero-order valence-electron chi connectivity index (χ0n) is 10.2. The van der Waals surface area contributed by atoms with Gasteiger partial charge in [0.1, 0.15) is 17.0 Å². The molecular weight excluding hydrogens is 227 g/mol. The third-order valence-electron chi connectivity index (χ3n) is 1.69. The summed E-state index contributed by atoms with van der Waals surface area (Å²) in [5.41, 5.74) is -0.731. The number of ether oxygens (including phenoxy) is 2. The fourth-order valence-electron chi connectivity index (χ4n) is 1.04. The van der Waals surface area contributed by atoms with Crippen molar-refractivity contribution in [1.82, 2.24) is 4.98 Å². The van der Waals surface area contributed by atoms with Crippen LogP contribution in [0.4, 0.5) is 14.9 Å². The molecule has 0 saturated heterocycles. The van der Waals surface area contributed by atoms with Crippen molar-refractivity contribution in [3.05, 3.63) is 18.2 Å². The van der Waals surface area contributed by atoms with Gasteiger partial charge < -0.3 is 9.47 Å². The van der Waals surface area contributed by atoms with Crippen molar-refractivity contribution in [1.29, 1.82) is 0 Å². The Kier molecular flexibility index (Phi) is 3.88. The van der Waals surface area contributed by atoms with Crippen LogP contribution in [-0.4, -0.2) is 23.8 Å². The zero-order valence-corrected chi connectivity index (χ0v) is 10.2. The molecule has 0 fully saturated rings. The third kappa shape index (κ3) is 4.26. The molecule has 0 aromatic carbocycles. The molecular formula is C11H15FN2O3. The molecule has 1 aromatic heterocycles. The molecule has 0 radical (unpaired) electrons. The van der Waals surface area contributed by atoms with Crippen LogP contribution in [0.2, 0.25) is 0 Å². The van der Waals surface area contributed by atoms with E-state index in [1.54, 1.807) is 20.8 Å². The maximum absolute atomic E-state index is 13.3. The van der Waals surface area contributed by atoms with Crippen LogP contribution >= 0.6 is 0 Å². The van der Waals surface area contributed by atoms with E-state index in [1.807, 2.05) is 0 Å². The molecule has 6 heteroatoms. The largest absolute Gasteiger partial charge is 0.495 e. The number of hydrogen-bond donors (Lipinski definition) is 1. The molecule has 0 aliphatic carbocycles. The standard InChI is InChI=1S/C11H15FN2O3/c1-11(2,3)17-10(15)14-8-5-7(16-4)6-13-9(8)12/h5-6H,1-4H3,(H,14,15). The van der Waals surface area contributed by atoms with Crippen LogP contribution in [0.5, 0.6) is 5.75 Å². The number of methoxy groups -OCH3 is 1. The van der Waals surface area contributed by atoms with Crippen molar-refractivity contribution in [3.8, 4) is 5.75 Å². The summed E-state index contributed by atoms with van der Waals surface area (Å²) in [5, 5.41) is 2.26. The maximum Gasteiger partial charge on any atom is 0.412 e. The van der Waals surface area contributed by atoms with Crippen molar-refractivity contribution < 1.29 is 18.7 Å². The molecule has 0 bridgehead atoms. The van der Waals surface area contributed by atoms with Gasteiger partial charge in [0.2, 0.25) is 5.95 Å². The highest BCUT2D eigenvalue weighted by Crippen LogP contribution is 2.19. The lowest BCUT2D eigenvalue weighted by molar-refractivity contribution is 0.0635. The molecule has 1 heterocycles. The molecule has 0 unspecified atom stereocenters. The van der Waals surface area contributed by atoms with Crippen LogP contribution in [-0.2, 0) is 4.74 Å². The van der Waals surface area contributed by atoms with Gasteiger partial charge in [-0.05, 0) is 20.8 Å². The maximum atomic E-state index is 13.3. The van der Waals surface area contributed by atoms with E-state index in [2.05, 4.69) is 10.3 Å². The normalized spacial score (nSPS) is 10.9. The molecule has 0 saturated carbocycles. The van der Waals surface area contributed by atoms with Crippen molar-refractivity contribution >= 4 is 11.8 Å². The molecule has 0 atom stereocenters. The molecule has 94 valence electrons. The average Bonchev–Trinajstić information content (AvgIpc) is 2.18. The number of anilines is 1. The van der Waals surface area contributed by atoms with Crippen molar-refractivity contribution in [2.75, 3.05) is 12.4 Å². The smallest absolute Gasteiger partial charge is 0.412 e. The first-order valence-corrected chi connectivity index (χ1v) is 5.01. The first-order chi connectivity index (χ1) is 7.81. The summed E-state index contributed by atoms with van der Waals surface area (Å²) in [5.74, 6) is -0.450. The Bertz CT molecular complexity index is 416. The summed E-state index contributed by atoms with van der Waals surface area (Å²) in [6.07, 6.45) is 0.474. The van der Waals surface area contributed by atoms with E-state index in [9.17, 15) is 9.18 Å². The van der Waals surface area contributed by atoms with Crippen molar-refractivity contribution in [2.45, 2.75) is 26.4 Å². The number of hydrogen-bond acceptors (Lipinski definition) is 4. The molecule has 1 rings (SSSR count). The number of carbonyl (C=O) groups excluding carboxylic acids is 1. The van der Waals surface area contributed by atoms with E-state index in [-0.39, 0.29) is 5.69 Å². The Morgan fingerprint density at radius 2 is 2.12 bits per heavy atom. The van der Waals surface area contributed by atoms with Gasteiger partial charge in [-0.1, -0.05) is 0 Å². The van der Waals surface area contributed by atoms with Crippen LogP contribution in [0, 0.1) is 5.95 Å². The first kappa shape index (κ1) is 13.2. The third-order valence-corrected chi connectivity index (χ3v) is 1.69. The Morgan fingerprint density at radius 3 is 2.65 bits per heavy atom. The van der Waals surface area contributed by atoms with Crippen molar-refractivity contribution in [2.24, 2.45) is 0 Å². The highest BCUT2D eigenvalue weighted by atomic mass is 19.1. The number of pyridine rings is 1. The highest BCUT2D eigenvalue weighted by molar-refractivity contribution is 5.85. The summed E-state index contributed by atoms with van der Waals surface area (Å²) in [6.45, 7) is 5.15. The van der Waals surface area contributed by atoms with Gasteiger partial charge in [-0.2, -0.15) is 4.39 Å². The van der Waals surface area contributed by atoms with Gasteiger partial charge in [-0.15, -0.1) is 0 Å². The first-order valence-electron chi connectivity index (χ1n) is 5.01. The van der Waals surface area contributed by atoms with E-state index in [0.717, 1.165) is 0 Å². The summed E-state index contributed by atoms with van der Waals surface area (Å²) < 4.78 is 23.1. The van der Waals surface area contributed by atoms with Gasteiger partial charge in [-0.25, -0.2) is 9.78 Å². The minimum Gasteiger partial charge on any atom is -0.495 e. The van der Waals surface area contributed by atoms with Gasteiger partial charge in [0, 0.05) is 6.07 Å². The lowest BCUT2D eigenvalue weighted by Crippen LogP contribution is -2.27. The second-order valence-corrected chi connectivity index (χ2v) is 4.34. The van der Waals surface area contributed by atoms with E-state index in [0.29, 0.717) is 5.75 Å². The second-order valence-electron chi connectivity index (χ2n) is 4.34. The SMILES string of the molecule is COc1cnc(F)c(NC(=O)OC(C)(C)C)c1. The summed E-state index contributed by atoms with van der Waals surface area (Å²) >= 11 is 0. The molecule has 5 nitrogen and oxygen atoms in total. The van der Waals surface area contributed by atoms with Crippen LogP contribution in [0.3, 0.4) is 0 Å². The van der Waals surface area contributed by atoms with Gasteiger partial charge >= 0.3 is 6.09 Å². The number of rotatable bonds is 2. The average molecular weight is 242 g/mol. The molecule has 1 amide bonds. The van der Waals surface area contributed by atoms with Crippen LogP contribution in [0.25, 0.3) is 0 Å². The topological polar surface area (TPSA) is 60.5 Å². The molecule has 0 aliphatic heterocycles. The van der Waals surface area contributed by atoms with Crippen LogP contribution < -0.4 is 10.1 Å². The summed E-state index contributed by atoms with van der Waals surface area (Å²) in [4.78, 5) is 14.8. The van der Waals surface area contributed by atoms with Gasteiger partial charge in [0.05, 0.1) is 13.3 Å². The molecule has 1 N–H and O–H groups in total. The van der Waals surface area contributed by atoms with Gasteiger partial charge in [0.15, 0.2) is 0 Å². The fourth-order valence-corrected chi connectivity index (χ4v) is 1.04. The van der Waals surface area contributed by atoms with Gasteiger partial charge in [0.25, 0.3) is 0 Å². The number of carbonyl (C=O) groups is 1. The van der Waals surface area contributed by atoms with E-state index < -0.39 is 17.6 Å². The summed E-state index contributed by atoms with van der Waals surface area (Å²) in [6, 6.07) is 1.33. The predicted molar refractivity (Wildman–Crippen MR) is 60.6 cm³/mol. The lowest BCUT2D eigenvalue weighted by atomic mass is 10.2. The fraction of sp³-hybridized carbons (Fsp3) is 0.455. The Hall–Kier alpha value is -1.85. The minimum atomic E-state index is -0.795. The molecule has 1 aromatic rings. The van der Waals surface area contributed by atoms with E-state index in [1.165, 1.54) is 19.4 Å². The molecule has 0 aliphatic rings. The quantitative estimate of drug-likeness (QED) is 0.810. The lowest BCUT2D eigenvalue weighted by Gasteiger charge is -2.19. The Morgan fingerprint density at radius 1 is 1.47 bits per heavy atom. The number of halogens is 1. The van der Waals surface area contributed by atoms with Crippen LogP contribution in [0.1, 0.15) is 20.8 Å². The van der Waals surface area contributed by atoms with E-state index >= 15 is 0 Å². The zero-order chi connectivity index (χ0) is 13.1. The Labute approximate surface area is 98.9 Å². The second kappa shape index (κ2) is 4.99. The number of nitrogens with one attached hydrogen (secondary N) is 1. The van der Waals surface area contributed by atoms with Crippen molar-refractivity contribution in [3.63, 3.8) is 0 Å². The monoisotopic (exact) mass is 242 g/mol. The highest BCUT2D eigenvalue weighted by Gasteiger charge is 2.17. The minimum absolute atomic E-state index is 0.0846. The van der Waals surface area contributed by atoms with E-state index in [4.69, 9.17) is 9.47 Å². The molecule has 0 spiro atoms. The number of amides is 1. The Balaban J connectivity index is 2.77. The molecule has 17 heavy (non-hydrogen) atoms. The number of aromatic nitrogens is 1. The summed E-state index contributed by atoms with van der Waals surface area (Å²) in [7, 11) is 1.42. The predicted octanol–water partition coefficient (Wildman–Crippen LogP) is 2.58. The van der Waals surface area contributed by atoms with Gasteiger partial charge in [-0.3, -0.25) is 5.32 Å². The number of nitrogens with zero attached hydrogens (tertiary/aromatic N) is 1. The van der Waals surface area contributed by atoms with Crippen LogP contribution in [0.15, 0.2) is 12.3 Å².